The Morgan fingerprint density at radius 2 is 1.96 bits per heavy atom. The van der Waals surface area contributed by atoms with E-state index in [4.69, 9.17) is 0 Å². The summed E-state index contributed by atoms with van der Waals surface area (Å²) in [5.41, 5.74) is 3.85. The average molecular weight is 318 g/mol. The van der Waals surface area contributed by atoms with Crippen LogP contribution in [0.1, 0.15) is 16.7 Å². The Bertz CT molecular complexity index is 821. The topological polar surface area (TPSA) is 66.8 Å². The van der Waals surface area contributed by atoms with Gasteiger partial charge < -0.3 is 10.2 Å². The van der Waals surface area contributed by atoms with Gasteiger partial charge in [-0.25, -0.2) is 0 Å². The van der Waals surface area contributed by atoms with Crippen LogP contribution in [-0.2, 0) is 19.5 Å². The number of nitrogens with one attached hydrogen (secondary N) is 1. The molecule has 6 nitrogen and oxygen atoms in total. The molecule has 3 aromatic rings. The van der Waals surface area contributed by atoms with Crippen LogP contribution in [0.2, 0.25) is 0 Å². The van der Waals surface area contributed by atoms with Crippen molar-refractivity contribution >= 4 is 11.8 Å². The SMILES string of the molecule is c1cncc(CNc2cnnc(N3CCc4ccccc4C3)n2)c1. The second-order valence-corrected chi connectivity index (χ2v) is 5.80. The van der Waals surface area contributed by atoms with Gasteiger partial charge in [-0.05, 0) is 29.2 Å². The van der Waals surface area contributed by atoms with Gasteiger partial charge in [-0.15, -0.1) is 5.10 Å². The number of aromatic nitrogens is 4. The van der Waals surface area contributed by atoms with Crippen LogP contribution < -0.4 is 10.2 Å². The number of hydrogen-bond acceptors (Lipinski definition) is 6. The minimum Gasteiger partial charge on any atom is -0.364 e. The standard InChI is InChI=1S/C18H18N6/c1-2-6-16-13-24(9-7-15(16)5-1)18-22-17(12-21-23-18)20-11-14-4-3-8-19-10-14/h1-6,8,10,12H,7,9,11,13H2,(H,20,22,23). The third kappa shape index (κ3) is 3.17. The molecule has 1 N–H and O–H groups in total. The predicted octanol–water partition coefficient (Wildman–Crippen LogP) is 2.44. The molecule has 2 aromatic heterocycles. The van der Waals surface area contributed by atoms with E-state index in [1.54, 1.807) is 12.4 Å². The fourth-order valence-corrected chi connectivity index (χ4v) is 2.88. The van der Waals surface area contributed by atoms with Gasteiger partial charge in [-0.3, -0.25) is 4.98 Å². The van der Waals surface area contributed by atoms with Crippen molar-refractivity contribution in [3.63, 3.8) is 0 Å². The smallest absolute Gasteiger partial charge is 0.247 e. The Hall–Kier alpha value is -3.02. The van der Waals surface area contributed by atoms with Crippen molar-refractivity contribution in [3.8, 4) is 0 Å². The van der Waals surface area contributed by atoms with Crippen LogP contribution in [0.3, 0.4) is 0 Å². The van der Waals surface area contributed by atoms with Gasteiger partial charge in [-0.1, -0.05) is 30.3 Å². The Labute approximate surface area is 140 Å². The minimum absolute atomic E-state index is 0.662. The summed E-state index contributed by atoms with van der Waals surface area (Å²) in [5, 5.41) is 11.6. The van der Waals surface area contributed by atoms with Crippen LogP contribution in [0.15, 0.2) is 55.0 Å². The number of pyridine rings is 1. The van der Waals surface area contributed by atoms with Crippen molar-refractivity contribution in [1.29, 1.82) is 0 Å². The van der Waals surface area contributed by atoms with Crippen molar-refractivity contribution < 1.29 is 0 Å². The summed E-state index contributed by atoms with van der Waals surface area (Å²) in [4.78, 5) is 10.9. The molecule has 0 radical (unpaired) electrons. The summed E-state index contributed by atoms with van der Waals surface area (Å²) in [6, 6.07) is 12.5. The maximum atomic E-state index is 4.61. The van der Waals surface area contributed by atoms with Gasteiger partial charge >= 0.3 is 0 Å². The van der Waals surface area contributed by atoms with E-state index < -0.39 is 0 Å². The van der Waals surface area contributed by atoms with Crippen molar-refractivity contribution in [2.45, 2.75) is 19.5 Å². The lowest BCUT2D eigenvalue weighted by atomic mass is 10.0. The molecule has 1 aliphatic rings. The van der Waals surface area contributed by atoms with Crippen LogP contribution in [0.5, 0.6) is 0 Å². The molecular formula is C18H18N6. The summed E-state index contributed by atoms with van der Waals surface area (Å²) in [5.74, 6) is 1.39. The van der Waals surface area contributed by atoms with Crippen molar-refractivity contribution in [2.75, 3.05) is 16.8 Å². The molecule has 0 atom stereocenters. The first kappa shape index (κ1) is 14.6. The molecular weight excluding hydrogens is 300 g/mol. The molecule has 1 aromatic carbocycles. The maximum absolute atomic E-state index is 4.61. The molecule has 0 spiro atoms. The molecule has 0 unspecified atom stereocenters. The number of benzene rings is 1. The van der Waals surface area contributed by atoms with E-state index in [0.717, 1.165) is 30.9 Å². The first-order valence-corrected chi connectivity index (χ1v) is 8.03. The second kappa shape index (κ2) is 6.62. The normalized spacial score (nSPS) is 13.4. The molecule has 3 heterocycles. The Morgan fingerprint density at radius 3 is 2.83 bits per heavy atom. The summed E-state index contributed by atoms with van der Waals surface area (Å²) in [6.45, 7) is 2.39. The molecule has 6 heteroatoms. The van der Waals surface area contributed by atoms with Crippen LogP contribution in [0.4, 0.5) is 11.8 Å². The number of anilines is 2. The highest BCUT2D eigenvalue weighted by Gasteiger charge is 2.18. The van der Waals surface area contributed by atoms with Crippen LogP contribution in [-0.4, -0.2) is 26.7 Å². The van der Waals surface area contributed by atoms with Crippen molar-refractivity contribution in [1.82, 2.24) is 20.2 Å². The zero-order valence-electron chi connectivity index (χ0n) is 13.3. The molecule has 1 aliphatic heterocycles. The van der Waals surface area contributed by atoms with E-state index >= 15 is 0 Å². The summed E-state index contributed by atoms with van der Waals surface area (Å²) in [6.07, 6.45) is 6.26. The van der Waals surface area contributed by atoms with Gasteiger partial charge in [0.2, 0.25) is 5.95 Å². The highest BCUT2D eigenvalue weighted by Crippen LogP contribution is 2.22. The summed E-state index contributed by atoms with van der Waals surface area (Å²) < 4.78 is 0. The Kier molecular flexibility index (Phi) is 4.02. The van der Waals surface area contributed by atoms with Crippen LogP contribution in [0, 0.1) is 0 Å². The lowest BCUT2D eigenvalue weighted by molar-refractivity contribution is 0.697. The van der Waals surface area contributed by atoms with E-state index in [1.165, 1.54) is 11.1 Å². The van der Waals surface area contributed by atoms with E-state index in [0.29, 0.717) is 12.5 Å². The van der Waals surface area contributed by atoms with Gasteiger partial charge in [-0.2, -0.15) is 10.1 Å². The largest absolute Gasteiger partial charge is 0.364 e. The zero-order chi connectivity index (χ0) is 16.2. The van der Waals surface area contributed by atoms with E-state index in [9.17, 15) is 0 Å². The second-order valence-electron chi connectivity index (χ2n) is 5.80. The first-order chi connectivity index (χ1) is 11.9. The fraction of sp³-hybridized carbons (Fsp3) is 0.222. The Balaban J connectivity index is 1.47. The van der Waals surface area contributed by atoms with Gasteiger partial charge in [0.15, 0.2) is 5.82 Å². The van der Waals surface area contributed by atoms with Gasteiger partial charge in [0.25, 0.3) is 0 Å². The molecule has 0 saturated heterocycles. The third-order valence-electron chi connectivity index (χ3n) is 4.16. The lowest BCUT2D eigenvalue weighted by Gasteiger charge is -2.28. The van der Waals surface area contributed by atoms with Gasteiger partial charge in [0.1, 0.15) is 0 Å². The average Bonchev–Trinajstić information content (AvgIpc) is 2.67. The molecule has 0 fully saturated rings. The number of hydrogen-bond donors (Lipinski definition) is 1. The molecule has 0 aliphatic carbocycles. The van der Waals surface area contributed by atoms with E-state index in [-0.39, 0.29) is 0 Å². The van der Waals surface area contributed by atoms with Crippen LogP contribution >= 0.6 is 0 Å². The number of fused-ring (bicyclic) bond motifs is 1. The molecule has 0 amide bonds. The molecule has 4 rings (SSSR count). The summed E-state index contributed by atoms with van der Waals surface area (Å²) in [7, 11) is 0. The van der Waals surface area contributed by atoms with E-state index in [1.807, 2.05) is 18.3 Å². The first-order valence-electron chi connectivity index (χ1n) is 8.03. The fourth-order valence-electron chi connectivity index (χ4n) is 2.88. The van der Waals surface area contributed by atoms with Gasteiger partial charge in [0, 0.05) is 32.0 Å². The quantitative estimate of drug-likeness (QED) is 0.797. The predicted molar refractivity (Wildman–Crippen MR) is 92.6 cm³/mol. The zero-order valence-corrected chi connectivity index (χ0v) is 13.3. The highest BCUT2D eigenvalue weighted by atomic mass is 15.3. The highest BCUT2D eigenvalue weighted by molar-refractivity contribution is 5.43. The molecule has 0 bridgehead atoms. The minimum atomic E-state index is 0.662. The molecule has 24 heavy (non-hydrogen) atoms. The van der Waals surface area contributed by atoms with Crippen LogP contribution in [0.25, 0.3) is 0 Å². The number of rotatable bonds is 4. The summed E-state index contributed by atoms with van der Waals surface area (Å²) >= 11 is 0. The van der Waals surface area contributed by atoms with Gasteiger partial charge in [0.05, 0.1) is 6.20 Å². The van der Waals surface area contributed by atoms with Crippen molar-refractivity contribution in [3.05, 3.63) is 71.7 Å². The lowest BCUT2D eigenvalue weighted by Crippen LogP contribution is -2.32. The maximum Gasteiger partial charge on any atom is 0.247 e. The molecule has 0 saturated carbocycles. The number of nitrogens with zero attached hydrogens (tertiary/aromatic N) is 5. The monoisotopic (exact) mass is 318 g/mol. The van der Waals surface area contributed by atoms with Crippen molar-refractivity contribution in [2.24, 2.45) is 0 Å². The van der Waals surface area contributed by atoms with E-state index in [2.05, 4.69) is 54.6 Å². The third-order valence-corrected chi connectivity index (χ3v) is 4.16. The molecule has 120 valence electrons. The Morgan fingerprint density at radius 1 is 1.04 bits per heavy atom.